The highest BCUT2D eigenvalue weighted by atomic mass is 16.5. The highest BCUT2D eigenvalue weighted by Gasteiger charge is 2.14. The first kappa shape index (κ1) is 18.6. The number of nitrogens with one attached hydrogen (secondary N) is 1. The Bertz CT molecular complexity index is 980. The van der Waals surface area contributed by atoms with Gasteiger partial charge >= 0.3 is 5.97 Å². The Morgan fingerprint density at radius 2 is 1.89 bits per heavy atom. The van der Waals surface area contributed by atoms with E-state index < -0.39 is 5.97 Å². The van der Waals surface area contributed by atoms with Gasteiger partial charge in [-0.15, -0.1) is 0 Å². The third-order valence-corrected chi connectivity index (χ3v) is 4.29. The van der Waals surface area contributed by atoms with E-state index in [1.165, 1.54) is 0 Å². The number of aryl methyl sites for hydroxylation is 3. The minimum absolute atomic E-state index is 0.174. The summed E-state index contributed by atoms with van der Waals surface area (Å²) in [5.41, 5.74) is 5.15. The maximum absolute atomic E-state index is 12.0. The molecule has 2 aromatic heterocycles. The molecular formula is C20H22N4O3. The van der Waals surface area contributed by atoms with Gasteiger partial charge in [-0.25, -0.2) is 9.50 Å². The maximum atomic E-state index is 12.0. The van der Waals surface area contributed by atoms with Crippen molar-refractivity contribution < 1.29 is 14.3 Å². The van der Waals surface area contributed by atoms with Crippen molar-refractivity contribution in [1.82, 2.24) is 14.6 Å². The number of hydrogen-bond acceptors (Lipinski definition) is 5. The Balaban J connectivity index is 1.55. The second-order valence-electron chi connectivity index (χ2n) is 6.39. The molecule has 0 bridgehead atoms. The molecule has 0 radical (unpaired) electrons. The summed E-state index contributed by atoms with van der Waals surface area (Å²) in [5.74, 6) is -0.786. The van der Waals surface area contributed by atoms with E-state index in [0.29, 0.717) is 12.1 Å². The molecule has 0 saturated heterocycles. The number of anilines is 1. The van der Waals surface area contributed by atoms with Crippen molar-refractivity contribution in [3.05, 3.63) is 59.0 Å². The number of rotatable bonds is 6. The third kappa shape index (κ3) is 4.49. The molecule has 0 aliphatic rings. The van der Waals surface area contributed by atoms with Gasteiger partial charge in [0.2, 0.25) is 0 Å². The van der Waals surface area contributed by atoms with Crippen molar-refractivity contribution in [3.8, 4) is 0 Å². The second-order valence-corrected chi connectivity index (χ2v) is 6.39. The van der Waals surface area contributed by atoms with E-state index in [-0.39, 0.29) is 18.9 Å². The van der Waals surface area contributed by atoms with Crippen LogP contribution in [0, 0.1) is 20.8 Å². The lowest BCUT2D eigenvalue weighted by Gasteiger charge is -2.11. The van der Waals surface area contributed by atoms with E-state index in [2.05, 4.69) is 15.4 Å². The van der Waals surface area contributed by atoms with E-state index in [0.717, 1.165) is 28.3 Å². The van der Waals surface area contributed by atoms with E-state index in [1.54, 1.807) is 16.6 Å². The van der Waals surface area contributed by atoms with Crippen LogP contribution in [0.3, 0.4) is 0 Å². The molecule has 0 aliphatic heterocycles. The minimum Gasteiger partial charge on any atom is -0.456 e. The summed E-state index contributed by atoms with van der Waals surface area (Å²) in [6.45, 7) is 5.49. The smallest absolute Gasteiger partial charge is 0.306 e. The lowest BCUT2D eigenvalue weighted by molar-refractivity contribution is -0.147. The summed E-state index contributed by atoms with van der Waals surface area (Å²) in [6, 6.07) is 11.0. The van der Waals surface area contributed by atoms with Gasteiger partial charge in [-0.05, 0) is 44.9 Å². The molecule has 27 heavy (non-hydrogen) atoms. The lowest BCUT2D eigenvalue weighted by Crippen LogP contribution is -2.21. The first-order valence-corrected chi connectivity index (χ1v) is 8.77. The van der Waals surface area contributed by atoms with Crippen LogP contribution in [0.15, 0.2) is 36.4 Å². The predicted octanol–water partition coefficient (Wildman–Crippen LogP) is 2.77. The zero-order valence-electron chi connectivity index (χ0n) is 15.7. The third-order valence-electron chi connectivity index (χ3n) is 4.29. The van der Waals surface area contributed by atoms with Gasteiger partial charge in [-0.3, -0.25) is 9.59 Å². The molecular weight excluding hydrogens is 344 g/mol. The number of nitrogens with zero attached hydrogens (tertiary/aromatic N) is 3. The normalized spacial score (nSPS) is 10.8. The van der Waals surface area contributed by atoms with Crippen LogP contribution >= 0.6 is 0 Å². The topological polar surface area (TPSA) is 85.6 Å². The molecule has 0 atom stereocenters. The Morgan fingerprint density at radius 1 is 1.15 bits per heavy atom. The van der Waals surface area contributed by atoms with Crippen molar-refractivity contribution in [1.29, 1.82) is 0 Å². The first-order valence-electron chi connectivity index (χ1n) is 8.77. The molecule has 1 N–H and O–H groups in total. The van der Waals surface area contributed by atoms with Crippen LogP contribution in [0.4, 0.5) is 5.69 Å². The Hall–Kier alpha value is -3.22. The van der Waals surface area contributed by atoms with Crippen LogP contribution in [0.5, 0.6) is 0 Å². The van der Waals surface area contributed by atoms with Crippen molar-refractivity contribution in [2.24, 2.45) is 0 Å². The second kappa shape index (κ2) is 7.99. The van der Waals surface area contributed by atoms with Crippen molar-refractivity contribution in [2.45, 2.75) is 33.6 Å². The number of fused-ring (bicyclic) bond motifs is 1. The van der Waals surface area contributed by atoms with E-state index >= 15 is 0 Å². The molecule has 1 aromatic carbocycles. The monoisotopic (exact) mass is 366 g/mol. The van der Waals surface area contributed by atoms with Crippen LogP contribution in [-0.4, -0.2) is 33.1 Å². The molecule has 0 saturated carbocycles. The van der Waals surface area contributed by atoms with Gasteiger partial charge in [0.25, 0.3) is 5.91 Å². The Morgan fingerprint density at radius 3 is 2.63 bits per heavy atom. The standard InChI is InChI=1S/C20H22N4O3/c1-13-11-18-21-14(2)17(15(3)24(18)23-13)9-10-20(26)27-12-19(25)22-16-7-5-4-6-8-16/h4-8,11H,9-10,12H2,1-3H3,(H,22,25). The molecule has 0 spiro atoms. The summed E-state index contributed by atoms with van der Waals surface area (Å²) in [7, 11) is 0. The molecule has 7 nitrogen and oxygen atoms in total. The Kier molecular flexibility index (Phi) is 5.49. The molecule has 2 heterocycles. The summed E-state index contributed by atoms with van der Waals surface area (Å²) in [6.07, 6.45) is 0.659. The van der Waals surface area contributed by atoms with E-state index in [9.17, 15) is 9.59 Å². The summed E-state index contributed by atoms with van der Waals surface area (Å²) < 4.78 is 6.86. The summed E-state index contributed by atoms with van der Waals surface area (Å²) in [5, 5.41) is 7.10. The van der Waals surface area contributed by atoms with Crippen LogP contribution in [0.1, 0.15) is 29.1 Å². The van der Waals surface area contributed by atoms with Crippen LogP contribution < -0.4 is 5.32 Å². The van der Waals surface area contributed by atoms with Crippen LogP contribution in [0.25, 0.3) is 5.65 Å². The Labute approximate surface area is 157 Å². The van der Waals surface area contributed by atoms with Gasteiger partial charge in [0.1, 0.15) is 0 Å². The lowest BCUT2D eigenvalue weighted by atomic mass is 10.1. The van der Waals surface area contributed by atoms with Gasteiger partial charge < -0.3 is 10.1 Å². The molecule has 7 heteroatoms. The fourth-order valence-electron chi connectivity index (χ4n) is 2.97. The van der Waals surface area contributed by atoms with Gasteiger partial charge in [-0.2, -0.15) is 5.10 Å². The van der Waals surface area contributed by atoms with Crippen molar-refractivity contribution >= 4 is 23.2 Å². The number of esters is 1. The quantitative estimate of drug-likeness (QED) is 0.678. The largest absolute Gasteiger partial charge is 0.456 e. The maximum Gasteiger partial charge on any atom is 0.306 e. The fourth-order valence-corrected chi connectivity index (χ4v) is 2.97. The minimum atomic E-state index is -0.422. The molecule has 0 fully saturated rings. The van der Waals surface area contributed by atoms with Gasteiger partial charge in [0.15, 0.2) is 12.3 Å². The number of ether oxygens (including phenoxy) is 1. The number of amides is 1. The van der Waals surface area contributed by atoms with Gasteiger partial charge in [0, 0.05) is 29.6 Å². The highest BCUT2D eigenvalue weighted by Crippen LogP contribution is 2.17. The highest BCUT2D eigenvalue weighted by molar-refractivity contribution is 5.92. The molecule has 3 rings (SSSR count). The molecule has 140 valence electrons. The van der Waals surface area contributed by atoms with Gasteiger partial charge in [-0.1, -0.05) is 18.2 Å². The first-order chi connectivity index (χ1) is 12.9. The average Bonchev–Trinajstić information content (AvgIpc) is 3.01. The molecule has 1 amide bonds. The molecule has 3 aromatic rings. The summed E-state index contributed by atoms with van der Waals surface area (Å²) >= 11 is 0. The average molecular weight is 366 g/mol. The SMILES string of the molecule is Cc1cc2nc(C)c(CCC(=O)OCC(=O)Nc3ccccc3)c(C)n2n1. The van der Waals surface area contributed by atoms with Crippen LogP contribution in [0.2, 0.25) is 0 Å². The number of aromatic nitrogens is 3. The molecule has 0 aliphatic carbocycles. The number of carbonyl (C=O) groups excluding carboxylic acids is 2. The zero-order chi connectivity index (χ0) is 19.4. The van der Waals surface area contributed by atoms with E-state index in [1.807, 2.05) is 45.0 Å². The summed E-state index contributed by atoms with van der Waals surface area (Å²) in [4.78, 5) is 28.4. The van der Waals surface area contributed by atoms with Crippen LogP contribution in [-0.2, 0) is 20.7 Å². The zero-order valence-corrected chi connectivity index (χ0v) is 15.7. The van der Waals surface area contributed by atoms with Crippen molar-refractivity contribution in [3.63, 3.8) is 0 Å². The number of para-hydroxylation sites is 1. The predicted molar refractivity (Wildman–Crippen MR) is 102 cm³/mol. The molecule has 0 unspecified atom stereocenters. The van der Waals surface area contributed by atoms with Gasteiger partial charge in [0.05, 0.1) is 5.69 Å². The number of carbonyl (C=O) groups is 2. The number of benzene rings is 1. The van der Waals surface area contributed by atoms with E-state index in [4.69, 9.17) is 4.74 Å². The van der Waals surface area contributed by atoms with Crippen molar-refractivity contribution in [2.75, 3.05) is 11.9 Å². The number of hydrogen-bond donors (Lipinski definition) is 1. The fraction of sp³-hybridized carbons (Fsp3) is 0.300.